The first-order valence-corrected chi connectivity index (χ1v) is 20.4. The monoisotopic (exact) mass is 813 g/mol. The van der Waals surface area contributed by atoms with E-state index in [9.17, 15) is 19.6 Å². The molecule has 60 heavy (non-hydrogen) atoms. The number of likely N-dealkylation sites (tertiary alicyclic amines) is 1. The molecule has 1 aliphatic rings. The van der Waals surface area contributed by atoms with Crippen LogP contribution in [0.2, 0.25) is 0 Å². The third kappa shape index (κ3) is 9.80. The van der Waals surface area contributed by atoms with Gasteiger partial charge < -0.3 is 39.9 Å². The van der Waals surface area contributed by atoms with Gasteiger partial charge in [-0.3, -0.25) is 9.59 Å². The SMILES string of the molecule is C=C(NC(C(=O)N1CCC[C@H]1c1ncc(-c2ccc3cc(-c4ccc(-c5cnc(CN(C[C@@H](C)C#N)C(=O)[C@@H](NC(=O)OC)C(C)C)[nH]5)cc4)ccc3c2)[nH]1)C(C)C)OC. The van der Waals surface area contributed by atoms with Crippen LogP contribution >= 0.6 is 0 Å². The smallest absolute Gasteiger partial charge is 0.407 e. The molecular formula is C46H55N9O5. The van der Waals surface area contributed by atoms with Gasteiger partial charge in [0.15, 0.2) is 5.88 Å². The number of hydrogen-bond acceptors (Lipinski definition) is 9. The Morgan fingerprint density at radius 1 is 0.850 bits per heavy atom. The van der Waals surface area contributed by atoms with Gasteiger partial charge in [0.25, 0.3) is 0 Å². The van der Waals surface area contributed by atoms with Gasteiger partial charge in [-0.15, -0.1) is 0 Å². The molecule has 2 aromatic heterocycles. The number of aromatic amines is 2. The Labute approximate surface area is 351 Å². The van der Waals surface area contributed by atoms with Crippen LogP contribution in [0, 0.1) is 29.1 Å². The minimum absolute atomic E-state index is 0.0128. The van der Waals surface area contributed by atoms with E-state index in [1.807, 2.05) is 50.9 Å². The number of benzene rings is 3. The van der Waals surface area contributed by atoms with Crippen LogP contribution in [-0.2, 0) is 25.6 Å². The van der Waals surface area contributed by atoms with E-state index in [4.69, 9.17) is 14.5 Å². The van der Waals surface area contributed by atoms with Crippen LogP contribution in [0.5, 0.6) is 0 Å². The lowest BCUT2D eigenvalue weighted by Crippen LogP contribution is -2.51. The highest BCUT2D eigenvalue weighted by atomic mass is 16.5. The van der Waals surface area contributed by atoms with Crippen molar-refractivity contribution in [2.24, 2.45) is 17.8 Å². The number of nitrogens with zero attached hydrogens (tertiary/aromatic N) is 5. The lowest BCUT2D eigenvalue weighted by molar-refractivity contribution is -0.136. The molecule has 3 amide bonds. The van der Waals surface area contributed by atoms with E-state index in [1.165, 1.54) is 14.2 Å². The normalized spacial score (nSPS) is 15.3. The predicted molar refractivity (Wildman–Crippen MR) is 231 cm³/mol. The van der Waals surface area contributed by atoms with E-state index < -0.39 is 24.1 Å². The van der Waals surface area contributed by atoms with Crippen LogP contribution in [0.3, 0.4) is 0 Å². The molecule has 314 valence electrons. The van der Waals surface area contributed by atoms with Crippen LogP contribution in [0.15, 0.2) is 85.5 Å². The fraction of sp³-hybridized carbons (Fsp3) is 0.391. The number of H-pyrrole nitrogens is 2. The third-order valence-corrected chi connectivity index (χ3v) is 11.0. The van der Waals surface area contributed by atoms with Crippen LogP contribution in [-0.4, -0.2) is 87.0 Å². The zero-order valence-electron chi connectivity index (χ0n) is 35.4. The molecular weight excluding hydrogens is 759 g/mol. The molecule has 1 saturated heterocycles. The predicted octanol–water partition coefficient (Wildman–Crippen LogP) is 7.55. The van der Waals surface area contributed by atoms with Crippen molar-refractivity contribution in [2.75, 3.05) is 27.3 Å². The second-order valence-electron chi connectivity index (χ2n) is 16.1. The highest BCUT2D eigenvalue weighted by Crippen LogP contribution is 2.34. The molecule has 3 heterocycles. The number of nitrogens with one attached hydrogen (secondary N) is 4. The maximum Gasteiger partial charge on any atom is 0.407 e. The van der Waals surface area contributed by atoms with Crippen molar-refractivity contribution in [3.8, 4) is 39.7 Å². The number of carbonyl (C=O) groups excluding carboxylic acids is 3. The third-order valence-electron chi connectivity index (χ3n) is 11.0. The van der Waals surface area contributed by atoms with E-state index in [-0.39, 0.29) is 42.8 Å². The molecule has 0 aliphatic carbocycles. The Kier molecular flexibility index (Phi) is 13.6. The summed E-state index contributed by atoms with van der Waals surface area (Å²) in [6.45, 7) is 14.3. The first-order chi connectivity index (χ1) is 28.8. The minimum atomic E-state index is -0.824. The van der Waals surface area contributed by atoms with Crippen LogP contribution < -0.4 is 10.6 Å². The largest absolute Gasteiger partial charge is 0.483 e. The average Bonchev–Trinajstić information content (AvgIpc) is 4.05. The number of rotatable bonds is 16. The number of nitriles is 1. The molecule has 14 heteroatoms. The van der Waals surface area contributed by atoms with Crippen molar-refractivity contribution < 1.29 is 23.9 Å². The van der Waals surface area contributed by atoms with Gasteiger partial charge in [0.05, 0.1) is 62.6 Å². The summed E-state index contributed by atoms with van der Waals surface area (Å²) in [6.07, 6.45) is 4.62. The van der Waals surface area contributed by atoms with E-state index in [0.29, 0.717) is 18.3 Å². The van der Waals surface area contributed by atoms with Crippen molar-refractivity contribution in [1.29, 1.82) is 5.26 Å². The average molecular weight is 814 g/mol. The quantitative estimate of drug-likeness (QED) is 0.0732. The van der Waals surface area contributed by atoms with Gasteiger partial charge in [-0.2, -0.15) is 5.26 Å². The highest BCUT2D eigenvalue weighted by molar-refractivity contribution is 5.91. The summed E-state index contributed by atoms with van der Waals surface area (Å²) in [7, 11) is 2.79. The number of ether oxygens (including phenoxy) is 2. The van der Waals surface area contributed by atoms with E-state index >= 15 is 0 Å². The second-order valence-corrected chi connectivity index (χ2v) is 16.1. The molecule has 6 rings (SSSR count). The van der Waals surface area contributed by atoms with Crippen LogP contribution in [0.1, 0.15) is 65.2 Å². The molecule has 3 aromatic carbocycles. The van der Waals surface area contributed by atoms with Gasteiger partial charge in [-0.25, -0.2) is 14.8 Å². The van der Waals surface area contributed by atoms with Gasteiger partial charge in [-0.1, -0.05) is 76.2 Å². The molecule has 0 saturated carbocycles. The van der Waals surface area contributed by atoms with Crippen LogP contribution in [0.25, 0.3) is 44.4 Å². The van der Waals surface area contributed by atoms with Gasteiger partial charge >= 0.3 is 6.09 Å². The summed E-state index contributed by atoms with van der Waals surface area (Å²) in [5.74, 6) is 0.816. The summed E-state index contributed by atoms with van der Waals surface area (Å²) in [5, 5.41) is 17.5. The molecule has 1 unspecified atom stereocenters. The fourth-order valence-corrected chi connectivity index (χ4v) is 7.60. The maximum absolute atomic E-state index is 13.7. The molecule has 0 bridgehead atoms. The first-order valence-electron chi connectivity index (χ1n) is 20.4. The van der Waals surface area contributed by atoms with Gasteiger partial charge in [0, 0.05) is 18.7 Å². The van der Waals surface area contributed by atoms with Crippen molar-refractivity contribution in [2.45, 2.75) is 72.1 Å². The Morgan fingerprint density at radius 2 is 1.47 bits per heavy atom. The molecule has 0 spiro atoms. The number of methoxy groups -OCH3 is 2. The van der Waals surface area contributed by atoms with E-state index in [0.717, 1.165) is 63.1 Å². The number of aromatic nitrogens is 4. The van der Waals surface area contributed by atoms with Gasteiger partial charge in [0.2, 0.25) is 11.8 Å². The molecule has 4 N–H and O–H groups in total. The summed E-state index contributed by atoms with van der Waals surface area (Å²) in [6, 6.07) is 21.7. The van der Waals surface area contributed by atoms with Gasteiger partial charge in [0.1, 0.15) is 23.7 Å². The Balaban J connectivity index is 1.14. The molecule has 14 nitrogen and oxygen atoms in total. The van der Waals surface area contributed by atoms with Crippen molar-refractivity contribution >= 4 is 28.7 Å². The Bertz CT molecular complexity index is 2360. The van der Waals surface area contributed by atoms with Crippen molar-refractivity contribution in [1.82, 2.24) is 40.4 Å². The number of amides is 3. The molecule has 5 aromatic rings. The second kappa shape index (κ2) is 19.0. The lowest BCUT2D eigenvalue weighted by atomic mass is 9.98. The van der Waals surface area contributed by atoms with Crippen molar-refractivity contribution in [3.63, 3.8) is 0 Å². The Hall–Kier alpha value is -6.62. The first kappa shape index (κ1) is 43.0. The number of alkyl carbamates (subject to hydrolysis) is 1. The summed E-state index contributed by atoms with van der Waals surface area (Å²) < 4.78 is 9.95. The Morgan fingerprint density at radius 3 is 2.12 bits per heavy atom. The number of hydrogen-bond donors (Lipinski definition) is 4. The zero-order valence-corrected chi connectivity index (χ0v) is 35.4. The zero-order chi connectivity index (χ0) is 43.1. The van der Waals surface area contributed by atoms with E-state index in [2.05, 4.69) is 86.8 Å². The summed E-state index contributed by atoms with van der Waals surface area (Å²) >= 11 is 0. The number of imidazole rings is 2. The molecule has 4 atom stereocenters. The standard InChI is InChI=1S/C46H55N9O5/c1-27(2)41(53-46(58)60-8)44(56)54(25-29(5)22-47)26-40-48-23-37(51-40)32-13-11-31(12-14-32)33-15-16-35-21-36(18-17-34(35)20-33)38-24-49-43(52-38)39-10-9-19-55(39)45(57)42(28(3)4)50-30(6)59-7/h11-18,20-21,23-24,27-29,39,41-42,50H,6,9-10,19,25-26H2,1-5,7-8H3,(H,48,51)(H,49,52)(H,53,58)/t29-,39-,41-,42?/m0/s1. The van der Waals surface area contributed by atoms with Gasteiger partial charge in [-0.05, 0) is 77.8 Å². The summed E-state index contributed by atoms with van der Waals surface area (Å²) in [4.78, 5) is 58.9. The highest BCUT2D eigenvalue weighted by Gasteiger charge is 2.37. The van der Waals surface area contributed by atoms with Crippen molar-refractivity contribution in [3.05, 3.63) is 97.2 Å². The molecule has 0 radical (unpaired) electrons. The summed E-state index contributed by atoms with van der Waals surface area (Å²) in [5.41, 5.74) is 5.75. The van der Waals surface area contributed by atoms with E-state index in [1.54, 1.807) is 18.0 Å². The fourth-order valence-electron chi connectivity index (χ4n) is 7.60. The van der Waals surface area contributed by atoms with Crippen LogP contribution in [0.4, 0.5) is 4.79 Å². The lowest BCUT2D eigenvalue weighted by Gasteiger charge is -2.31. The maximum atomic E-state index is 13.7. The molecule has 1 fully saturated rings. The number of fused-ring (bicyclic) bond motifs is 1. The minimum Gasteiger partial charge on any atom is -0.483 e. The topological polar surface area (TPSA) is 181 Å². The number of carbonyl (C=O) groups is 3. The molecule has 1 aliphatic heterocycles.